The van der Waals surface area contributed by atoms with Gasteiger partial charge in [-0.2, -0.15) is 0 Å². The molecule has 0 spiro atoms. The van der Waals surface area contributed by atoms with Crippen molar-refractivity contribution in [3.8, 4) is 45.8 Å². The smallest absolute Gasteiger partial charge is 0.331 e. The molecule has 5 atom stereocenters. The maximum atomic E-state index is 13.1. The number of phenolic OH excluding ortho intramolecular Hbond substituents is 6. The molecule has 1 aliphatic rings. The molecule has 0 saturated carbocycles. The first-order valence-electron chi connectivity index (χ1n) is 13.0. The highest BCUT2D eigenvalue weighted by atomic mass is 16.6. The summed E-state index contributed by atoms with van der Waals surface area (Å²) in [6.45, 7) is -0.821. The predicted molar refractivity (Wildman–Crippen MR) is 150 cm³/mol. The molecule has 1 saturated heterocycles. The fraction of sp³-hybridized carbons (Fsp3) is 0.200. The van der Waals surface area contributed by atoms with E-state index in [4.69, 9.17) is 13.9 Å². The van der Waals surface area contributed by atoms with Crippen LogP contribution in [-0.4, -0.2) is 83.0 Å². The van der Waals surface area contributed by atoms with Crippen LogP contribution >= 0.6 is 0 Å². The van der Waals surface area contributed by atoms with E-state index in [9.17, 15) is 55.5 Å². The second-order valence-electron chi connectivity index (χ2n) is 9.95. The van der Waals surface area contributed by atoms with E-state index < -0.39 is 93.8 Å². The summed E-state index contributed by atoms with van der Waals surface area (Å²) in [4.78, 5) is 26.0. The van der Waals surface area contributed by atoms with Crippen molar-refractivity contribution in [2.75, 3.05) is 6.61 Å². The number of fused-ring (bicyclic) bond motifs is 1. The van der Waals surface area contributed by atoms with Gasteiger partial charge in [0.25, 0.3) is 0 Å². The van der Waals surface area contributed by atoms with Crippen molar-refractivity contribution in [2.24, 2.45) is 0 Å². The number of benzene rings is 3. The molecule has 14 heteroatoms. The van der Waals surface area contributed by atoms with Crippen LogP contribution < -0.4 is 5.43 Å². The van der Waals surface area contributed by atoms with Crippen LogP contribution in [0.4, 0.5) is 0 Å². The van der Waals surface area contributed by atoms with Crippen molar-refractivity contribution in [1.82, 2.24) is 0 Å². The normalized spacial score (nSPS) is 21.9. The van der Waals surface area contributed by atoms with Crippen molar-refractivity contribution in [3.05, 3.63) is 76.0 Å². The van der Waals surface area contributed by atoms with Gasteiger partial charge in [0, 0.05) is 23.8 Å². The summed E-state index contributed by atoms with van der Waals surface area (Å²) in [6, 6.07) is 9.03. The third-order valence-corrected chi connectivity index (χ3v) is 7.07. The largest absolute Gasteiger partial charge is 0.507 e. The molecule has 5 rings (SSSR count). The number of aliphatic hydroxyl groups excluding tert-OH is 3. The van der Waals surface area contributed by atoms with Gasteiger partial charge in [-0.15, -0.1) is 0 Å². The van der Waals surface area contributed by atoms with Gasteiger partial charge >= 0.3 is 5.97 Å². The number of esters is 1. The number of phenols is 6. The monoisotopic (exact) mass is 610 g/mol. The zero-order valence-electron chi connectivity index (χ0n) is 22.4. The fourth-order valence-corrected chi connectivity index (χ4v) is 4.85. The fourth-order valence-electron chi connectivity index (χ4n) is 4.85. The van der Waals surface area contributed by atoms with E-state index >= 15 is 0 Å². The van der Waals surface area contributed by atoms with E-state index in [0.29, 0.717) is 0 Å². The van der Waals surface area contributed by atoms with Gasteiger partial charge in [0.05, 0.1) is 12.2 Å². The van der Waals surface area contributed by atoms with Crippen LogP contribution in [0.15, 0.2) is 63.8 Å². The summed E-state index contributed by atoms with van der Waals surface area (Å²) in [6.07, 6.45) is -6.52. The number of rotatable bonds is 6. The first-order valence-corrected chi connectivity index (χ1v) is 13.0. The highest BCUT2D eigenvalue weighted by molar-refractivity contribution is 5.90. The number of aromatic hydroxyl groups is 6. The zero-order valence-corrected chi connectivity index (χ0v) is 22.4. The molecule has 0 bridgehead atoms. The molecule has 4 aromatic rings. The Bertz CT molecular complexity index is 1830. The van der Waals surface area contributed by atoms with Crippen LogP contribution in [0.5, 0.6) is 34.5 Å². The lowest BCUT2D eigenvalue weighted by Gasteiger charge is -2.41. The Kier molecular flexibility index (Phi) is 8.08. The Morgan fingerprint density at radius 3 is 2.16 bits per heavy atom. The maximum absolute atomic E-state index is 13.1. The SMILES string of the molecule is O=C(/C=C/c1ccc(O)c(O)c1)O[C@@H]1[C@@H](O)[C@H](O)[C@H](CO)O[C@H]1c1c(O)cc(O)c2c(=O)cc(-c3ccc(O)c(O)c3)oc12. The summed E-state index contributed by atoms with van der Waals surface area (Å²) < 4.78 is 17.1. The van der Waals surface area contributed by atoms with Gasteiger partial charge in [-0.25, -0.2) is 4.79 Å². The molecule has 1 aromatic heterocycles. The molecule has 1 fully saturated rings. The quantitative estimate of drug-likeness (QED) is 0.0852. The minimum absolute atomic E-state index is 0.106. The van der Waals surface area contributed by atoms with Crippen LogP contribution in [0.1, 0.15) is 17.2 Å². The van der Waals surface area contributed by atoms with Crippen molar-refractivity contribution in [3.63, 3.8) is 0 Å². The van der Waals surface area contributed by atoms with Crippen molar-refractivity contribution >= 4 is 23.0 Å². The Balaban J connectivity index is 1.62. The van der Waals surface area contributed by atoms with Gasteiger partial charge in [0.15, 0.2) is 40.1 Å². The number of carbonyl (C=O) groups excluding carboxylic acids is 1. The highest BCUT2D eigenvalue weighted by Gasteiger charge is 2.49. The number of hydrogen-bond acceptors (Lipinski definition) is 14. The van der Waals surface area contributed by atoms with Crippen molar-refractivity contribution < 1.29 is 64.6 Å². The van der Waals surface area contributed by atoms with Gasteiger partial charge in [-0.05, 0) is 42.0 Å². The van der Waals surface area contributed by atoms with E-state index in [1.54, 1.807) is 0 Å². The number of aliphatic hydroxyl groups is 3. The average Bonchev–Trinajstić information content (AvgIpc) is 2.98. The Labute approximate surface area is 246 Å². The van der Waals surface area contributed by atoms with Gasteiger partial charge < -0.3 is 59.8 Å². The zero-order chi connectivity index (χ0) is 31.9. The van der Waals surface area contributed by atoms with E-state index in [1.165, 1.54) is 24.3 Å². The molecule has 0 amide bonds. The molecule has 0 unspecified atom stereocenters. The van der Waals surface area contributed by atoms with E-state index in [-0.39, 0.29) is 22.6 Å². The summed E-state index contributed by atoms with van der Waals surface area (Å²) in [7, 11) is 0. The van der Waals surface area contributed by atoms with E-state index in [2.05, 4.69) is 0 Å². The molecule has 0 aliphatic carbocycles. The average molecular weight is 611 g/mol. The minimum atomic E-state index is -1.91. The molecule has 44 heavy (non-hydrogen) atoms. The van der Waals surface area contributed by atoms with Crippen molar-refractivity contribution in [2.45, 2.75) is 30.5 Å². The topological polar surface area (TPSA) is 248 Å². The van der Waals surface area contributed by atoms with Crippen LogP contribution in [0.3, 0.4) is 0 Å². The standard InChI is InChI=1S/C30H26O14/c31-11-22-26(40)27(41)30(44-23(39)6-2-12-1-4-14(32)16(34)7-12)29(43-22)25-19(37)9-18(36)24-20(38)10-21(42-28(24)25)13-3-5-15(33)17(35)8-13/h1-10,22,26-27,29-37,40-41H,11H2/b6-2+/t22-,26+,27-,29-,30+/m0/s1. The maximum Gasteiger partial charge on any atom is 0.331 e. The van der Waals surface area contributed by atoms with Crippen LogP contribution in [0.25, 0.3) is 28.4 Å². The second kappa shape index (κ2) is 11.8. The molecule has 2 heterocycles. The molecular formula is C30H26O14. The van der Waals surface area contributed by atoms with E-state index in [1.807, 2.05) is 0 Å². The first-order chi connectivity index (χ1) is 20.9. The van der Waals surface area contributed by atoms with Gasteiger partial charge in [-0.3, -0.25) is 4.79 Å². The van der Waals surface area contributed by atoms with E-state index in [0.717, 1.165) is 36.4 Å². The summed E-state index contributed by atoms with van der Waals surface area (Å²) in [5.74, 6) is -4.53. The number of ether oxygens (including phenoxy) is 2. The second-order valence-corrected chi connectivity index (χ2v) is 9.95. The van der Waals surface area contributed by atoms with Crippen LogP contribution in [0.2, 0.25) is 0 Å². The Morgan fingerprint density at radius 1 is 0.818 bits per heavy atom. The molecular weight excluding hydrogens is 584 g/mol. The van der Waals surface area contributed by atoms with Crippen molar-refractivity contribution in [1.29, 1.82) is 0 Å². The summed E-state index contributed by atoms with van der Waals surface area (Å²) in [5, 5.41) is 91.1. The lowest BCUT2D eigenvalue weighted by molar-refractivity contribution is -0.239. The van der Waals surface area contributed by atoms with Crippen LogP contribution in [-0.2, 0) is 14.3 Å². The minimum Gasteiger partial charge on any atom is -0.507 e. The Hall–Kier alpha value is -5.28. The number of carbonyl (C=O) groups is 1. The highest BCUT2D eigenvalue weighted by Crippen LogP contribution is 2.45. The van der Waals surface area contributed by atoms with Gasteiger partial charge in [0.2, 0.25) is 0 Å². The molecule has 14 nitrogen and oxygen atoms in total. The molecule has 3 aromatic carbocycles. The lowest BCUT2D eigenvalue weighted by Crippen LogP contribution is -2.56. The third kappa shape index (κ3) is 5.57. The first kappa shape index (κ1) is 30.2. The third-order valence-electron chi connectivity index (χ3n) is 7.07. The van der Waals surface area contributed by atoms with Gasteiger partial charge in [0.1, 0.15) is 47.1 Å². The van der Waals surface area contributed by atoms with Crippen LogP contribution in [0, 0.1) is 0 Å². The molecule has 230 valence electrons. The molecule has 9 N–H and O–H groups in total. The summed E-state index contributed by atoms with van der Waals surface area (Å²) >= 11 is 0. The lowest BCUT2D eigenvalue weighted by atomic mass is 9.89. The summed E-state index contributed by atoms with van der Waals surface area (Å²) in [5.41, 5.74) is -1.29. The predicted octanol–water partition coefficient (Wildman–Crippen LogP) is 1.47. The van der Waals surface area contributed by atoms with Gasteiger partial charge in [-0.1, -0.05) is 6.07 Å². The number of hydrogen-bond donors (Lipinski definition) is 9. The molecule has 1 aliphatic heterocycles. The Morgan fingerprint density at radius 2 is 1.50 bits per heavy atom. The molecule has 0 radical (unpaired) electrons.